The highest BCUT2D eigenvalue weighted by molar-refractivity contribution is 7.92. The maximum absolute atomic E-state index is 10.8. The quantitative estimate of drug-likeness (QED) is 0.705. The molecule has 0 aliphatic carbocycles. The Labute approximate surface area is 67.9 Å². The zero-order valence-electron chi connectivity index (χ0n) is 4.83. The van der Waals surface area contributed by atoms with Crippen molar-refractivity contribution in [1.29, 1.82) is 4.78 Å². The number of halogens is 1. The molecule has 1 heterocycles. The van der Waals surface area contributed by atoms with E-state index in [0.717, 1.165) is 11.3 Å². The van der Waals surface area contributed by atoms with Gasteiger partial charge in [-0.3, -0.25) is 0 Å². The second kappa shape index (κ2) is 2.50. The Kier molecular flexibility index (Phi) is 2.00. The summed E-state index contributed by atoms with van der Waals surface area (Å²) < 4.78 is 18.1. The monoisotopic (exact) mass is 196 g/mol. The van der Waals surface area contributed by atoms with Gasteiger partial charge in [0.1, 0.15) is 14.1 Å². The average molecular weight is 197 g/mol. The van der Waals surface area contributed by atoms with Gasteiger partial charge in [0.15, 0.2) is 0 Å². The molecule has 0 aromatic carbocycles. The molecule has 0 saturated carbocycles. The van der Waals surface area contributed by atoms with Gasteiger partial charge in [-0.05, 0) is 6.07 Å². The lowest BCUT2D eigenvalue weighted by molar-refractivity contribution is 0.677. The summed E-state index contributed by atoms with van der Waals surface area (Å²) in [6.45, 7) is 0. The highest BCUT2D eigenvalue weighted by Gasteiger charge is 2.05. The molecule has 1 rings (SSSR count). The van der Waals surface area contributed by atoms with Crippen molar-refractivity contribution in [3.8, 4) is 0 Å². The minimum atomic E-state index is -3.05. The number of thiophene rings is 1. The molecule has 1 aromatic rings. The Bertz CT molecular complexity index is 329. The predicted octanol–water partition coefficient (Wildman–Crippen LogP) is 1.68. The lowest BCUT2D eigenvalue weighted by atomic mass is 10.7. The number of nitrogens with one attached hydrogen (secondary N) is 1. The van der Waals surface area contributed by atoms with E-state index in [2.05, 4.69) is 0 Å². The molecule has 0 bridgehead atoms. The summed E-state index contributed by atoms with van der Waals surface area (Å²) in [7, 11) is -3.05. The molecule has 0 spiro atoms. The van der Waals surface area contributed by atoms with Crippen molar-refractivity contribution in [2.24, 2.45) is 5.14 Å². The van der Waals surface area contributed by atoms with Gasteiger partial charge in [0.25, 0.3) is 0 Å². The second-order valence-electron chi connectivity index (χ2n) is 1.68. The number of hydrogen-bond donors (Lipinski definition) is 2. The average Bonchev–Trinajstić information content (AvgIpc) is 2.11. The molecule has 0 fully saturated rings. The molecule has 56 valence electrons. The highest BCUT2D eigenvalue weighted by atomic mass is 35.5. The lowest BCUT2D eigenvalue weighted by Gasteiger charge is -1.91. The van der Waals surface area contributed by atoms with Crippen LogP contribution in [0.1, 0.15) is 0 Å². The summed E-state index contributed by atoms with van der Waals surface area (Å²) in [5.74, 6) is 0. The molecule has 1 unspecified atom stereocenters. The fourth-order valence-electron chi connectivity index (χ4n) is 0.454. The summed E-state index contributed by atoms with van der Waals surface area (Å²) in [6, 6.07) is 1.45. The molecular weight excluding hydrogens is 192 g/mol. The van der Waals surface area contributed by atoms with Gasteiger partial charge in [0.2, 0.25) is 0 Å². The third-order valence-corrected chi connectivity index (χ3v) is 3.66. The van der Waals surface area contributed by atoms with E-state index in [1.165, 1.54) is 6.07 Å². The smallest absolute Gasteiger partial charge is 0.141 e. The Balaban J connectivity index is 3.21. The summed E-state index contributed by atoms with van der Waals surface area (Å²) >= 11 is 6.65. The van der Waals surface area contributed by atoms with Crippen molar-refractivity contribution in [3.05, 3.63) is 16.5 Å². The van der Waals surface area contributed by atoms with E-state index < -0.39 is 9.92 Å². The first kappa shape index (κ1) is 8.00. The van der Waals surface area contributed by atoms with E-state index in [-0.39, 0.29) is 0 Å². The Morgan fingerprint density at radius 2 is 2.40 bits per heavy atom. The molecule has 1 aromatic heterocycles. The van der Waals surface area contributed by atoms with Crippen molar-refractivity contribution in [2.75, 3.05) is 0 Å². The van der Waals surface area contributed by atoms with Gasteiger partial charge in [-0.25, -0.2) is 14.1 Å². The van der Waals surface area contributed by atoms with Gasteiger partial charge in [0, 0.05) is 5.38 Å². The van der Waals surface area contributed by atoms with Crippen molar-refractivity contribution in [2.45, 2.75) is 4.21 Å². The van der Waals surface area contributed by atoms with Gasteiger partial charge in [-0.15, -0.1) is 11.3 Å². The first-order valence-electron chi connectivity index (χ1n) is 2.31. The van der Waals surface area contributed by atoms with E-state index in [0.29, 0.717) is 9.23 Å². The number of nitrogens with two attached hydrogens (primary N) is 1. The van der Waals surface area contributed by atoms with Crippen LogP contribution in [-0.2, 0) is 9.92 Å². The van der Waals surface area contributed by atoms with Crippen LogP contribution in [0.5, 0.6) is 0 Å². The number of rotatable bonds is 1. The molecule has 0 saturated heterocycles. The van der Waals surface area contributed by atoms with Gasteiger partial charge in [0.05, 0.1) is 5.02 Å². The minimum Gasteiger partial charge on any atom is -0.241 e. The van der Waals surface area contributed by atoms with Crippen LogP contribution in [0, 0.1) is 4.78 Å². The SMILES string of the molecule is N=S(N)(=O)c1cc(Cl)cs1. The molecule has 1 atom stereocenters. The van der Waals surface area contributed by atoms with E-state index in [1.54, 1.807) is 5.38 Å². The van der Waals surface area contributed by atoms with Crippen LogP contribution in [0.2, 0.25) is 5.02 Å². The molecule has 3 N–H and O–H groups in total. The van der Waals surface area contributed by atoms with Crippen LogP contribution in [0.25, 0.3) is 0 Å². The summed E-state index contributed by atoms with van der Waals surface area (Å²) in [5, 5.41) is 7.09. The normalized spacial score (nSPS) is 16.6. The van der Waals surface area contributed by atoms with Crippen LogP contribution in [0.4, 0.5) is 0 Å². The Hall–Kier alpha value is -0.100. The zero-order valence-corrected chi connectivity index (χ0v) is 7.22. The minimum absolute atomic E-state index is 0.317. The first-order valence-corrected chi connectivity index (χ1v) is 5.18. The predicted molar refractivity (Wildman–Crippen MR) is 42.6 cm³/mol. The maximum atomic E-state index is 10.8. The summed E-state index contributed by atoms with van der Waals surface area (Å²) in [6.07, 6.45) is 0. The fraction of sp³-hybridized carbons (Fsp3) is 0. The van der Waals surface area contributed by atoms with Crippen molar-refractivity contribution < 1.29 is 4.21 Å². The van der Waals surface area contributed by atoms with Gasteiger partial charge in [-0.2, -0.15) is 0 Å². The molecule has 0 amide bonds. The second-order valence-corrected chi connectivity index (χ2v) is 4.93. The summed E-state index contributed by atoms with van der Waals surface area (Å²) in [5.41, 5.74) is 0. The van der Waals surface area contributed by atoms with Gasteiger partial charge in [-0.1, -0.05) is 11.6 Å². The molecule has 0 radical (unpaired) electrons. The van der Waals surface area contributed by atoms with Crippen molar-refractivity contribution in [1.82, 2.24) is 0 Å². The van der Waals surface area contributed by atoms with Crippen molar-refractivity contribution in [3.63, 3.8) is 0 Å². The summed E-state index contributed by atoms with van der Waals surface area (Å²) in [4.78, 5) is 0. The molecule has 0 aliphatic rings. The maximum Gasteiger partial charge on any atom is 0.141 e. The van der Waals surface area contributed by atoms with Crippen LogP contribution in [0.15, 0.2) is 15.7 Å². The fourth-order valence-corrected chi connectivity index (χ4v) is 2.34. The standard InChI is InChI=1S/C4H5ClN2OS2/c5-3-1-4(9-2-3)10(6,7)8/h1-2H,(H3,6,7,8). The molecule has 3 nitrogen and oxygen atoms in total. The number of hydrogen-bond acceptors (Lipinski definition) is 3. The van der Waals surface area contributed by atoms with Crippen LogP contribution >= 0.6 is 22.9 Å². The third-order valence-electron chi connectivity index (χ3n) is 0.842. The highest BCUT2D eigenvalue weighted by Crippen LogP contribution is 2.22. The van der Waals surface area contributed by atoms with Gasteiger partial charge >= 0.3 is 0 Å². The Morgan fingerprint density at radius 3 is 2.60 bits per heavy atom. The largest absolute Gasteiger partial charge is 0.241 e. The molecule has 0 aliphatic heterocycles. The van der Waals surface area contributed by atoms with Crippen molar-refractivity contribution >= 4 is 32.9 Å². The zero-order chi connectivity index (χ0) is 7.78. The van der Waals surface area contributed by atoms with E-state index in [1.807, 2.05) is 0 Å². The molecule has 10 heavy (non-hydrogen) atoms. The van der Waals surface area contributed by atoms with E-state index in [9.17, 15) is 4.21 Å². The lowest BCUT2D eigenvalue weighted by Crippen LogP contribution is -2.07. The topological polar surface area (TPSA) is 66.9 Å². The van der Waals surface area contributed by atoms with E-state index in [4.69, 9.17) is 21.5 Å². The van der Waals surface area contributed by atoms with Gasteiger partial charge < -0.3 is 0 Å². The van der Waals surface area contributed by atoms with Crippen LogP contribution in [-0.4, -0.2) is 4.21 Å². The van der Waals surface area contributed by atoms with E-state index >= 15 is 0 Å². The first-order chi connectivity index (χ1) is 4.50. The molecular formula is C4H5ClN2OS2. The van der Waals surface area contributed by atoms with Crippen LogP contribution < -0.4 is 5.14 Å². The van der Waals surface area contributed by atoms with Crippen LogP contribution in [0.3, 0.4) is 0 Å². The third kappa shape index (κ3) is 1.69. The Morgan fingerprint density at radius 1 is 1.80 bits per heavy atom. The molecule has 6 heteroatoms.